The fraction of sp³-hybridized carbons (Fsp3) is 0.421. The molecule has 9 heteroatoms. The molecule has 2 aromatic rings. The number of ether oxygens (including phenoxy) is 2. The first-order valence-electron chi connectivity index (χ1n) is 9.23. The second-order valence-corrected chi connectivity index (χ2v) is 8.67. The Morgan fingerprint density at radius 2 is 1.82 bits per heavy atom. The smallest absolute Gasteiger partial charge is 0.276 e. The summed E-state index contributed by atoms with van der Waals surface area (Å²) in [6.07, 6.45) is 2.08. The van der Waals surface area contributed by atoms with E-state index in [9.17, 15) is 13.2 Å². The highest BCUT2D eigenvalue weighted by atomic mass is 32.2. The molecular formula is C19H22N2O6S. The first-order chi connectivity index (χ1) is 13.5. The number of morpholine rings is 1. The van der Waals surface area contributed by atoms with Crippen LogP contribution in [0.25, 0.3) is 0 Å². The van der Waals surface area contributed by atoms with Crippen molar-refractivity contribution < 1.29 is 27.1 Å². The van der Waals surface area contributed by atoms with Gasteiger partial charge in [0.15, 0.2) is 0 Å². The van der Waals surface area contributed by atoms with E-state index in [2.05, 4.69) is 5.32 Å². The van der Waals surface area contributed by atoms with Gasteiger partial charge in [-0.3, -0.25) is 4.79 Å². The molecule has 1 aromatic heterocycles. The molecule has 0 radical (unpaired) electrons. The molecule has 1 aliphatic heterocycles. The van der Waals surface area contributed by atoms with Gasteiger partial charge in [-0.25, -0.2) is 8.42 Å². The van der Waals surface area contributed by atoms with Crippen molar-refractivity contribution >= 4 is 15.9 Å². The number of rotatable bonds is 7. The third kappa shape index (κ3) is 4.37. The fourth-order valence-electron chi connectivity index (χ4n) is 2.84. The third-order valence-electron chi connectivity index (χ3n) is 4.61. The quantitative estimate of drug-likeness (QED) is 0.753. The van der Waals surface area contributed by atoms with Gasteiger partial charge in [0.05, 0.1) is 13.2 Å². The summed E-state index contributed by atoms with van der Waals surface area (Å²) >= 11 is 0. The van der Waals surface area contributed by atoms with Gasteiger partial charge in [-0.05, 0) is 49.2 Å². The van der Waals surface area contributed by atoms with Crippen molar-refractivity contribution in [2.24, 2.45) is 0 Å². The molecule has 1 saturated carbocycles. The molecule has 150 valence electrons. The zero-order chi connectivity index (χ0) is 19.6. The second-order valence-electron chi connectivity index (χ2n) is 6.80. The maximum atomic E-state index is 12.6. The van der Waals surface area contributed by atoms with E-state index in [1.807, 2.05) is 0 Å². The second kappa shape index (κ2) is 7.94. The van der Waals surface area contributed by atoms with Gasteiger partial charge in [-0.15, -0.1) is 0 Å². The molecule has 2 fully saturated rings. The Balaban J connectivity index is 1.34. The molecule has 2 aliphatic rings. The molecule has 0 unspecified atom stereocenters. The number of carbonyl (C=O) groups excluding carboxylic acids is 1. The molecule has 8 nitrogen and oxygen atoms in total. The van der Waals surface area contributed by atoms with Crippen molar-refractivity contribution in [3.8, 4) is 5.75 Å². The molecule has 1 amide bonds. The molecule has 1 saturated heterocycles. The number of hydrogen-bond acceptors (Lipinski definition) is 6. The largest absolute Gasteiger partial charge is 0.486 e. The number of amides is 1. The maximum Gasteiger partial charge on any atom is 0.276 e. The molecule has 0 spiro atoms. The Labute approximate surface area is 163 Å². The molecule has 1 aromatic carbocycles. The summed E-state index contributed by atoms with van der Waals surface area (Å²) in [5, 5.41) is 2.83. The molecule has 2 heterocycles. The monoisotopic (exact) mass is 406 g/mol. The van der Waals surface area contributed by atoms with Gasteiger partial charge in [-0.1, -0.05) is 0 Å². The lowest BCUT2D eigenvalue weighted by Gasteiger charge is -2.24. The Bertz CT molecular complexity index is 928. The van der Waals surface area contributed by atoms with Gasteiger partial charge in [-0.2, -0.15) is 4.31 Å². The zero-order valence-electron chi connectivity index (χ0n) is 15.3. The van der Waals surface area contributed by atoms with Crippen LogP contribution in [0.4, 0.5) is 0 Å². The van der Waals surface area contributed by atoms with Crippen molar-refractivity contribution in [1.29, 1.82) is 0 Å². The number of sulfonamides is 1. The molecule has 1 N–H and O–H groups in total. The predicted molar refractivity (Wildman–Crippen MR) is 99.5 cm³/mol. The average molecular weight is 406 g/mol. The Kier molecular flexibility index (Phi) is 5.38. The molecule has 28 heavy (non-hydrogen) atoms. The number of hydrogen-bond donors (Lipinski definition) is 1. The van der Waals surface area contributed by atoms with Crippen molar-refractivity contribution in [1.82, 2.24) is 9.62 Å². The highest BCUT2D eigenvalue weighted by Gasteiger charge is 2.29. The first kappa shape index (κ1) is 19.0. The van der Waals surface area contributed by atoms with Crippen LogP contribution in [0.3, 0.4) is 0 Å². The van der Waals surface area contributed by atoms with E-state index in [4.69, 9.17) is 13.9 Å². The van der Waals surface area contributed by atoms with E-state index in [0.717, 1.165) is 12.8 Å². The normalized spacial score (nSPS) is 18.0. The summed E-state index contributed by atoms with van der Waals surface area (Å²) in [4.78, 5) is 12.0. The van der Waals surface area contributed by atoms with Crippen molar-refractivity contribution in [2.75, 3.05) is 26.3 Å². The lowest BCUT2D eigenvalue weighted by atomic mass is 10.2. The summed E-state index contributed by atoms with van der Waals surface area (Å²) in [5.41, 5.74) is 0.580. The fourth-order valence-corrected chi connectivity index (χ4v) is 4.18. The van der Waals surface area contributed by atoms with E-state index in [1.54, 1.807) is 30.3 Å². The van der Waals surface area contributed by atoms with E-state index in [1.165, 1.54) is 10.4 Å². The highest BCUT2D eigenvalue weighted by molar-refractivity contribution is 7.89. The number of benzene rings is 1. The standard InChI is InChI=1S/C19H22N2O6S/c22-19(20-15-3-4-15)14-1-5-16(6-2-14)26-13-17-7-8-18(27-17)28(23,24)21-9-11-25-12-10-21/h1-2,5-8,15H,3-4,9-13H2,(H,20,22). The highest BCUT2D eigenvalue weighted by Crippen LogP contribution is 2.22. The molecular weight excluding hydrogens is 384 g/mol. The Morgan fingerprint density at radius 3 is 2.50 bits per heavy atom. The van der Waals surface area contributed by atoms with Crippen LogP contribution in [0.15, 0.2) is 45.9 Å². The van der Waals surface area contributed by atoms with Gasteiger partial charge in [0.25, 0.3) is 15.9 Å². The number of carbonyl (C=O) groups is 1. The van der Waals surface area contributed by atoms with Crippen LogP contribution in [-0.2, 0) is 21.4 Å². The van der Waals surface area contributed by atoms with E-state index in [0.29, 0.717) is 49.4 Å². The van der Waals surface area contributed by atoms with Gasteiger partial charge in [0, 0.05) is 24.7 Å². The lowest BCUT2D eigenvalue weighted by Crippen LogP contribution is -2.40. The lowest BCUT2D eigenvalue weighted by molar-refractivity contribution is 0.0723. The average Bonchev–Trinajstić information content (AvgIpc) is 3.40. The van der Waals surface area contributed by atoms with Gasteiger partial charge in [0.2, 0.25) is 5.09 Å². The number of nitrogens with one attached hydrogen (secondary N) is 1. The van der Waals surface area contributed by atoms with Crippen molar-refractivity contribution in [3.05, 3.63) is 47.7 Å². The van der Waals surface area contributed by atoms with Crippen LogP contribution in [0.2, 0.25) is 0 Å². The minimum Gasteiger partial charge on any atom is -0.486 e. The van der Waals surface area contributed by atoms with Gasteiger partial charge in [0.1, 0.15) is 18.1 Å². The van der Waals surface area contributed by atoms with Crippen LogP contribution in [0, 0.1) is 0 Å². The Hall–Kier alpha value is -2.36. The van der Waals surface area contributed by atoms with Crippen LogP contribution in [-0.4, -0.2) is 51.0 Å². The summed E-state index contributed by atoms with van der Waals surface area (Å²) in [5.74, 6) is 0.886. The minimum absolute atomic E-state index is 0.0851. The minimum atomic E-state index is -3.66. The summed E-state index contributed by atoms with van der Waals surface area (Å²) in [6.45, 7) is 1.48. The number of nitrogens with zero attached hydrogens (tertiary/aromatic N) is 1. The summed E-state index contributed by atoms with van der Waals surface area (Å²) < 4.78 is 42.8. The van der Waals surface area contributed by atoms with Crippen LogP contribution < -0.4 is 10.1 Å². The molecule has 1 aliphatic carbocycles. The van der Waals surface area contributed by atoms with Crippen molar-refractivity contribution in [2.45, 2.75) is 30.6 Å². The topological polar surface area (TPSA) is 98.1 Å². The first-order valence-corrected chi connectivity index (χ1v) is 10.7. The van der Waals surface area contributed by atoms with E-state index in [-0.39, 0.29) is 17.6 Å². The van der Waals surface area contributed by atoms with Crippen LogP contribution in [0.1, 0.15) is 29.0 Å². The molecule has 0 atom stereocenters. The van der Waals surface area contributed by atoms with E-state index >= 15 is 0 Å². The van der Waals surface area contributed by atoms with Crippen LogP contribution >= 0.6 is 0 Å². The third-order valence-corrected chi connectivity index (χ3v) is 6.38. The summed E-state index contributed by atoms with van der Waals surface area (Å²) in [7, 11) is -3.66. The van der Waals surface area contributed by atoms with Crippen LogP contribution in [0.5, 0.6) is 5.75 Å². The maximum absolute atomic E-state index is 12.6. The van der Waals surface area contributed by atoms with E-state index < -0.39 is 10.0 Å². The molecule has 0 bridgehead atoms. The predicted octanol–water partition coefficient (Wildman–Crippen LogP) is 1.77. The Morgan fingerprint density at radius 1 is 1.11 bits per heavy atom. The van der Waals surface area contributed by atoms with Crippen molar-refractivity contribution in [3.63, 3.8) is 0 Å². The molecule has 4 rings (SSSR count). The zero-order valence-corrected chi connectivity index (χ0v) is 16.1. The van der Waals surface area contributed by atoms with Gasteiger partial charge < -0.3 is 19.2 Å². The number of furan rings is 1. The van der Waals surface area contributed by atoms with Gasteiger partial charge >= 0.3 is 0 Å². The summed E-state index contributed by atoms with van der Waals surface area (Å²) in [6, 6.07) is 10.1. The SMILES string of the molecule is O=C(NC1CC1)c1ccc(OCc2ccc(S(=O)(=O)N3CCOCC3)o2)cc1.